The first-order valence-corrected chi connectivity index (χ1v) is 11.8. The lowest BCUT2D eigenvalue weighted by Gasteiger charge is -2.18. The topological polar surface area (TPSA) is 112 Å². The zero-order valence-electron chi connectivity index (χ0n) is 16.8. The molecule has 2 N–H and O–H groups in total. The lowest BCUT2D eigenvalue weighted by molar-refractivity contribution is 0.475. The van der Waals surface area contributed by atoms with Gasteiger partial charge >= 0.3 is 0 Å². The Hall–Kier alpha value is -3.30. The van der Waals surface area contributed by atoms with Crippen LogP contribution >= 0.6 is 0 Å². The van der Waals surface area contributed by atoms with Gasteiger partial charge < -0.3 is 4.98 Å². The molecule has 0 radical (unpaired) electrons. The van der Waals surface area contributed by atoms with Crippen LogP contribution in [-0.4, -0.2) is 52.2 Å². The fraction of sp³-hybridized carbons (Fsp3) is 0.227. The molecule has 0 aliphatic carbocycles. The van der Waals surface area contributed by atoms with Gasteiger partial charge in [-0.25, -0.2) is 17.7 Å². The van der Waals surface area contributed by atoms with Crippen molar-refractivity contribution in [3.8, 4) is 11.1 Å². The summed E-state index contributed by atoms with van der Waals surface area (Å²) in [6.45, 7) is 0.634. The van der Waals surface area contributed by atoms with Crippen molar-refractivity contribution in [3.05, 3.63) is 82.7 Å². The minimum Gasteiger partial charge on any atom is -0.310 e. The van der Waals surface area contributed by atoms with Gasteiger partial charge in [-0.1, -0.05) is 36.4 Å². The number of benzene rings is 2. The number of hydrogen-bond donors (Lipinski definition) is 2. The summed E-state index contributed by atoms with van der Waals surface area (Å²) in [7, 11) is -3.36. The summed E-state index contributed by atoms with van der Waals surface area (Å²) in [6, 6.07) is 15.3. The van der Waals surface area contributed by atoms with Gasteiger partial charge in [-0.15, -0.1) is 0 Å². The monoisotopic (exact) mass is 435 g/mol. The normalized spacial score (nSPS) is 19.8. The third kappa shape index (κ3) is 3.66. The third-order valence-corrected chi connectivity index (χ3v) is 7.13. The van der Waals surface area contributed by atoms with E-state index in [9.17, 15) is 13.2 Å². The predicted octanol–water partition coefficient (Wildman–Crippen LogP) is 2.46. The molecule has 0 amide bonds. The molecule has 8 nitrogen and oxygen atoms in total. The minimum atomic E-state index is -3.36. The second-order valence-corrected chi connectivity index (χ2v) is 9.86. The Morgan fingerprint density at radius 1 is 1.03 bits per heavy atom. The molecule has 3 heterocycles. The highest BCUT2D eigenvalue weighted by atomic mass is 32.2. The number of aromatic nitrogens is 4. The Bertz CT molecular complexity index is 1400. The average Bonchev–Trinajstić information content (AvgIpc) is 3.44. The van der Waals surface area contributed by atoms with Crippen molar-refractivity contribution in [3.63, 3.8) is 0 Å². The first-order valence-electron chi connectivity index (χ1n) is 9.93. The van der Waals surface area contributed by atoms with Crippen molar-refractivity contribution in [2.75, 3.05) is 19.3 Å². The van der Waals surface area contributed by atoms with E-state index in [-0.39, 0.29) is 23.9 Å². The van der Waals surface area contributed by atoms with Crippen molar-refractivity contribution < 1.29 is 8.42 Å². The molecule has 9 heteroatoms. The van der Waals surface area contributed by atoms with E-state index in [0.717, 1.165) is 16.7 Å². The Balaban J connectivity index is 1.59. The van der Waals surface area contributed by atoms with Crippen molar-refractivity contribution in [1.82, 2.24) is 24.5 Å². The standard InChI is InChI=1S/C22H21N5O3S/c1-31(29,30)27-12-18(14-5-3-2-4-6-14)19(13-27)21-25-20-8-7-15(16-10-23-24-11-16)9-17(20)22(28)26-21/h2-11,18-19H,12-13H2,1H3,(H,23,24)(H,25,26,28). The molecule has 0 saturated carbocycles. The summed E-state index contributed by atoms with van der Waals surface area (Å²) in [5, 5.41) is 7.20. The van der Waals surface area contributed by atoms with Gasteiger partial charge in [-0.05, 0) is 23.3 Å². The number of aromatic amines is 2. The molecule has 1 fully saturated rings. The maximum atomic E-state index is 12.9. The van der Waals surface area contributed by atoms with Crippen LogP contribution in [0.2, 0.25) is 0 Å². The summed E-state index contributed by atoms with van der Waals surface area (Å²) in [4.78, 5) is 20.6. The summed E-state index contributed by atoms with van der Waals surface area (Å²) in [5.41, 5.74) is 3.11. The highest BCUT2D eigenvalue weighted by molar-refractivity contribution is 7.88. The summed E-state index contributed by atoms with van der Waals surface area (Å²) >= 11 is 0. The van der Waals surface area contributed by atoms with Gasteiger partial charge in [0.1, 0.15) is 5.82 Å². The van der Waals surface area contributed by atoms with E-state index in [0.29, 0.717) is 23.3 Å². The van der Waals surface area contributed by atoms with E-state index >= 15 is 0 Å². The first kappa shape index (κ1) is 19.7. The summed E-state index contributed by atoms with van der Waals surface area (Å²) < 4.78 is 25.9. The van der Waals surface area contributed by atoms with Crippen LogP contribution in [0.15, 0.2) is 65.7 Å². The maximum absolute atomic E-state index is 12.9. The van der Waals surface area contributed by atoms with E-state index in [2.05, 4.69) is 15.2 Å². The fourth-order valence-corrected chi connectivity index (χ4v) is 5.14. The molecule has 5 rings (SSSR count). The second kappa shape index (κ2) is 7.44. The Morgan fingerprint density at radius 3 is 2.52 bits per heavy atom. The molecule has 1 aliphatic rings. The van der Waals surface area contributed by atoms with E-state index in [1.54, 1.807) is 18.5 Å². The molecule has 2 aromatic heterocycles. The Labute approximate surface area is 179 Å². The lowest BCUT2D eigenvalue weighted by atomic mass is 9.88. The molecule has 31 heavy (non-hydrogen) atoms. The third-order valence-electron chi connectivity index (χ3n) is 5.89. The number of H-pyrrole nitrogens is 2. The van der Waals surface area contributed by atoms with Crippen molar-refractivity contribution >= 4 is 20.9 Å². The molecule has 0 spiro atoms. The fourth-order valence-electron chi connectivity index (χ4n) is 4.27. The SMILES string of the molecule is CS(=O)(=O)N1CC(c2ccccc2)C(c2nc3ccc(-c4cn[nH]c4)cc3c(=O)[nH]2)C1. The van der Waals surface area contributed by atoms with Gasteiger partial charge in [0.05, 0.1) is 23.4 Å². The molecule has 2 atom stereocenters. The van der Waals surface area contributed by atoms with Crippen LogP contribution in [0.3, 0.4) is 0 Å². The molecule has 1 saturated heterocycles. The number of nitrogens with one attached hydrogen (secondary N) is 2. The molecule has 2 unspecified atom stereocenters. The molecule has 158 valence electrons. The van der Waals surface area contributed by atoms with Crippen LogP contribution in [0.5, 0.6) is 0 Å². The van der Waals surface area contributed by atoms with Crippen LogP contribution < -0.4 is 5.56 Å². The van der Waals surface area contributed by atoms with Crippen LogP contribution in [0, 0.1) is 0 Å². The number of sulfonamides is 1. The largest absolute Gasteiger partial charge is 0.310 e. The van der Waals surface area contributed by atoms with Gasteiger partial charge in [0.15, 0.2) is 0 Å². The number of nitrogens with zero attached hydrogens (tertiary/aromatic N) is 3. The molecular weight excluding hydrogens is 414 g/mol. The van der Waals surface area contributed by atoms with Crippen LogP contribution in [0.1, 0.15) is 23.2 Å². The summed E-state index contributed by atoms with van der Waals surface area (Å²) in [6.07, 6.45) is 4.67. The average molecular weight is 436 g/mol. The van der Waals surface area contributed by atoms with Crippen molar-refractivity contribution in [2.45, 2.75) is 11.8 Å². The quantitative estimate of drug-likeness (QED) is 0.511. The van der Waals surface area contributed by atoms with Gasteiger partial charge in [-0.3, -0.25) is 9.89 Å². The van der Waals surface area contributed by atoms with Gasteiger partial charge in [-0.2, -0.15) is 5.10 Å². The highest BCUT2D eigenvalue weighted by Crippen LogP contribution is 2.39. The zero-order valence-corrected chi connectivity index (χ0v) is 17.6. The van der Waals surface area contributed by atoms with Gasteiger partial charge in [0.25, 0.3) is 5.56 Å². The number of rotatable bonds is 4. The predicted molar refractivity (Wildman–Crippen MR) is 118 cm³/mol. The number of hydrogen-bond acceptors (Lipinski definition) is 5. The molecule has 4 aromatic rings. The minimum absolute atomic E-state index is 0.0956. The van der Waals surface area contributed by atoms with Crippen molar-refractivity contribution in [2.24, 2.45) is 0 Å². The molecular formula is C22H21N5O3S. The van der Waals surface area contributed by atoms with E-state index in [1.165, 1.54) is 10.6 Å². The molecule has 1 aliphatic heterocycles. The Morgan fingerprint density at radius 2 is 1.81 bits per heavy atom. The van der Waals surface area contributed by atoms with Gasteiger partial charge in [0, 0.05) is 36.7 Å². The Kier molecular flexibility index (Phi) is 4.71. The van der Waals surface area contributed by atoms with E-state index in [1.807, 2.05) is 42.5 Å². The first-order chi connectivity index (χ1) is 14.9. The molecule has 0 bridgehead atoms. The van der Waals surface area contributed by atoms with E-state index in [4.69, 9.17) is 4.98 Å². The van der Waals surface area contributed by atoms with Crippen LogP contribution in [0.25, 0.3) is 22.0 Å². The lowest BCUT2D eigenvalue weighted by Crippen LogP contribution is -2.27. The number of fused-ring (bicyclic) bond motifs is 1. The summed E-state index contributed by atoms with van der Waals surface area (Å²) in [5.74, 6) is 0.165. The zero-order chi connectivity index (χ0) is 21.6. The van der Waals surface area contributed by atoms with Crippen LogP contribution in [-0.2, 0) is 10.0 Å². The van der Waals surface area contributed by atoms with Crippen LogP contribution in [0.4, 0.5) is 0 Å². The second-order valence-electron chi connectivity index (χ2n) is 7.87. The van der Waals surface area contributed by atoms with E-state index < -0.39 is 10.0 Å². The smallest absolute Gasteiger partial charge is 0.258 e. The highest BCUT2D eigenvalue weighted by Gasteiger charge is 2.40. The molecule has 2 aromatic carbocycles. The maximum Gasteiger partial charge on any atom is 0.258 e. The van der Waals surface area contributed by atoms with Gasteiger partial charge in [0.2, 0.25) is 10.0 Å². The van der Waals surface area contributed by atoms with Crippen molar-refractivity contribution in [1.29, 1.82) is 0 Å².